The van der Waals surface area contributed by atoms with E-state index in [2.05, 4.69) is 15.0 Å². The summed E-state index contributed by atoms with van der Waals surface area (Å²) >= 11 is 6.32. The molecule has 27 heavy (non-hydrogen) atoms. The van der Waals surface area contributed by atoms with Crippen molar-refractivity contribution in [3.05, 3.63) is 45.6 Å². The average Bonchev–Trinajstić information content (AvgIpc) is 3.33. The van der Waals surface area contributed by atoms with Gasteiger partial charge < -0.3 is 9.80 Å². The van der Waals surface area contributed by atoms with Gasteiger partial charge in [-0.25, -0.2) is 9.97 Å². The molecule has 1 amide bonds. The molecule has 2 aliphatic rings. The van der Waals surface area contributed by atoms with E-state index in [4.69, 9.17) is 16.9 Å². The number of rotatable bonds is 2. The smallest absolute Gasteiger partial charge is 0.234 e. The first kappa shape index (κ1) is 17.7. The summed E-state index contributed by atoms with van der Waals surface area (Å²) in [5, 5.41) is 9.65. The molecular formula is C19H19ClN6O. The zero-order valence-corrected chi connectivity index (χ0v) is 16.0. The van der Waals surface area contributed by atoms with Gasteiger partial charge in [0, 0.05) is 25.8 Å². The third kappa shape index (κ3) is 3.10. The summed E-state index contributed by atoms with van der Waals surface area (Å²) in [7, 11) is 0. The molecular weight excluding hydrogens is 364 g/mol. The van der Waals surface area contributed by atoms with Gasteiger partial charge in [-0.2, -0.15) is 5.26 Å². The maximum Gasteiger partial charge on any atom is 0.234 e. The number of carbonyl (C=O) groups is 1. The molecule has 2 aliphatic heterocycles. The van der Waals surface area contributed by atoms with Crippen LogP contribution in [0, 0.1) is 31.1 Å². The molecule has 7 nitrogen and oxygen atoms in total. The minimum Gasteiger partial charge on any atom is -0.356 e. The third-order valence-electron chi connectivity index (χ3n) is 5.35. The number of fused-ring (bicyclic) bond motifs is 1. The Kier molecular flexibility index (Phi) is 4.44. The van der Waals surface area contributed by atoms with Crippen LogP contribution in [0.1, 0.15) is 34.8 Å². The molecule has 0 N–H and O–H groups in total. The Hall–Kier alpha value is -2.72. The van der Waals surface area contributed by atoms with Crippen molar-refractivity contribution in [3.63, 3.8) is 0 Å². The summed E-state index contributed by atoms with van der Waals surface area (Å²) in [4.78, 5) is 29.7. The van der Waals surface area contributed by atoms with Gasteiger partial charge in [-0.05, 0) is 37.5 Å². The standard InChI is InChI=1S/C19H19ClN6O/c1-11-14-9-26(10-15(14)23-12(2)18(11)20)19(27)13-4-6-25(8-13)17-3-5-22-16(7-21)24-17/h3,5,13H,4,6,8-10H2,1-2H3/t13-/m1/s1. The largest absolute Gasteiger partial charge is 0.356 e. The molecule has 4 heterocycles. The van der Waals surface area contributed by atoms with Crippen LogP contribution in [-0.2, 0) is 17.9 Å². The molecule has 0 radical (unpaired) electrons. The lowest BCUT2D eigenvalue weighted by Gasteiger charge is -2.21. The van der Waals surface area contributed by atoms with Crippen LogP contribution in [0.15, 0.2) is 12.3 Å². The highest BCUT2D eigenvalue weighted by atomic mass is 35.5. The normalized spacial score (nSPS) is 18.5. The van der Waals surface area contributed by atoms with E-state index < -0.39 is 0 Å². The van der Waals surface area contributed by atoms with Gasteiger partial charge in [-0.15, -0.1) is 0 Å². The number of pyridine rings is 1. The van der Waals surface area contributed by atoms with Gasteiger partial charge in [-0.1, -0.05) is 11.6 Å². The minimum atomic E-state index is -0.0864. The fraction of sp³-hybridized carbons (Fsp3) is 0.421. The molecule has 0 saturated carbocycles. The van der Waals surface area contributed by atoms with Crippen molar-refractivity contribution in [2.45, 2.75) is 33.4 Å². The molecule has 138 valence electrons. The molecule has 0 aliphatic carbocycles. The van der Waals surface area contributed by atoms with E-state index in [9.17, 15) is 4.79 Å². The Morgan fingerprint density at radius 3 is 2.93 bits per heavy atom. The van der Waals surface area contributed by atoms with Crippen LogP contribution < -0.4 is 4.90 Å². The van der Waals surface area contributed by atoms with Crippen LogP contribution in [0.4, 0.5) is 5.82 Å². The number of nitriles is 1. The summed E-state index contributed by atoms with van der Waals surface area (Å²) in [6, 6.07) is 3.73. The molecule has 2 aromatic rings. The first-order chi connectivity index (χ1) is 13.0. The highest BCUT2D eigenvalue weighted by molar-refractivity contribution is 6.32. The van der Waals surface area contributed by atoms with Crippen LogP contribution in [-0.4, -0.2) is 38.8 Å². The lowest BCUT2D eigenvalue weighted by molar-refractivity contribution is -0.135. The third-order valence-corrected chi connectivity index (χ3v) is 5.91. The zero-order valence-electron chi connectivity index (χ0n) is 15.2. The van der Waals surface area contributed by atoms with Crippen molar-refractivity contribution in [1.82, 2.24) is 19.9 Å². The quantitative estimate of drug-likeness (QED) is 0.792. The van der Waals surface area contributed by atoms with Crippen molar-refractivity contribution in [2.24, 2.45) is 5.92 Å². The zero-order chi connectivity index (χ0) is 19.1. The molecule has 8 heteroatoms. The summed E-state index contributed by atoms with van der Waals surface area (Å²) in [6.45, 7) is 6.32. The van der Waals surface area contributed by atoms with E-state index in [0.717, 1.165) is 35.5 Å². The second kappa shape index (κ2) is 6.78. The number of aromatic nitrogens is 3. The maximum atomic E-state index is 13.1. The van der Waals surface area contributed by atoms with E-state index in [1.807, 2.05) is 29.7 Å². The molecule has 0 aromatic carbocycles. The van der Waals surface area contributed by atoms with E-state index >= 15 is 0 Å². The Morgan fingerprint density at radius 1 is 1.33 bits per heavy atom. The lowest BCUT2D eigenvalue weighted by Crippen LogP contribution is -2.34. The SMILES string of the molecule is Cc1nc2c(c(C)c1Cl)CN(C(=O)[C@@H]1CCN(c3ccnc(C#N)n3)C1)C2. The van der Waals surface area contributed by atoms with Gasteiger partial charge in [0.25, 0.3) is 0 Å². The lowest BCUT2D eigenvalue weighted by atomic mass is 10.1. The Morgan fingerprint density at radius 2 is 2.15 bits per heavy atom. The summed E-state index contributed by atoms with van der Waals surface area (Å²) in [5.74, 6) is 0.891. The molecule has 2 aromatic heterocycles. The second-order valence-corrected chi connectivity index (χ2v) is 7.42. The van der Waals surface area contributed by atoms with Gasteiger partial charge in [-0.3, -0.25) is 9.78 Å². The van der Waals surface area contributed by atoms with E-state index in [1.165, 1.54) is 0 Å². The van der Waals surface area contributed by atoms with Gasteiger partial charge in [0.2, 0.25) is 11.7 Å². The molecule has 1 saturated heterocycles. The highest BCUT2D eigenvalue weighted by Gasteiger charge is 2.35. The molecule has 4 rings (SSSR count). The Bertz CT molecular complexity index is 969. The first-order valence-electron chi connectivity index (χ1n) is 8.89. The van der Waals surface area contributed by atoms with E-state index in [1.54, 1.807) is 12.3 Å². The Labute approximate surface area is 162 Å². The molecule has 1 atom stereocenters. The topological polar surface area (TPSA) is 86.0 Å². The number of aryl methyl sites for hydroxylation is 1. The minimum absolute atomic E-state index is 0.0864. The fourth-order valence-electron chi connectivity index (χ4n) is 3.87. The Balaban J connectivity index is 1.47. The molecule has 0 bridgehead atoms. The number of hydrogen-bond donors (Lipinski definition) is 0. The highest BCUT2D eigenvalue weighted by Crippen LogP contribution is 2.32. The first-order valence-corrected chi connectivity index (χ1v) is 9.27. The van der Waals surface area contributed by atoms with Crippen molar-refractivity contribution in [2.75, 3.05) is 18.0 Å². The van der Waals surface area contributed by atoms with Crippen LogP contribution in [0.3, 0.4) is 0 Å². The van der Waals surface area contributed by atoms with Gasteiger partial charge in [0.05, 0.1) is 28.9 Å². The van der Waals surface area contributed by atoms with Gasteiger partial charge in [0.1, 0.15) is 11.9 Å². The predicted molar refractivity (Wildman–Crippen MR) is 100 cm³/mol. The second-order valence-electron chi connectivity index (χ2n) is 7.04. The van der Waals surface area contributed by atoms with Crippen molar-refractivity contribution in [3.8, 4) is 6.07 Å². The van der Waals surface area contributed by atoms with Crippen LogP contribution in [0.2, 0.25) is 5.02 Å². The van der Waals surface area contributed by atoms with Crippen LogP contribution in [0.25, 0.3) is 0 Å². The van der Waals surface area contributed by atoms with Crippen molar-refractivity contribution >= 4 is 23.3 Å². The number of anilines is 1. The summed E-state index contributed by atoms with van der Waals surface area (Å²) in [5.41, 5.74) is 3.86. The number of amides is 1. The van der Waals surface area contributed by atoms with Crippen molar-refractivity contribution in [1.29, 1.82) is 5.26 Å². The van der Waals surface area contributed by atoms with E-state index in [-0.39, 0.29) is 17.6 Å². The average molecular weight is 383 g/mol. The van der Waals surface area contributed by atoms with Gasteiger partial charge in [0.15, 0.2) is 0 Å². The molecule has 1 fully saturated rings. The van der Waals surface area contributed by atoms with E-state index in [0.29, 0.717) is 30.5 Å². The van der Waals surface area contributed by atoms with Crippen LogP contribution >= 0.6 is 11.6 Å². The number of hydrogen-bond acceptors (Lipinski definition) is 6. The monoisotopic (exact) mass is 382 g/mol. The molecule has 0 spiro atoms. The summed E-state index contributed by atoms with van der Waals surface area (Å²) in [6.07, 6.45) is 2.34. The van der Waals surface area contributed by atoms with Crippen molar-refractivity contribution < 1.29 is 4.79 Å². The van der Waals surface area contributed by atoms with Crippen LogP contribution in [0.5, 0.6) is 0 Å². The summed E-state index contributed by atoms with van der Waals surface area (Å²) < 4.78 is 0. The fourth-order valence-corrected chi connectivity index (χ4v) is 4.03. The molecule has 0 unspecified atom stereocenters. The van der Waals surface area contributed by atoms with Gasteiger partial charge >= 0.3 is 0 Å². The number of nitrogens with zero attached hydrogens (tertiary/aromatic N) is 6. The number of halogens is 1. The predicted octanol–water partition coefficient (Wildman–Crippen LogP) is 2.38. The number of carbonyl (C=O) groups excluding carboxylic acids is 1. The maximum absolute atomic E-state index is 13.1.